The summed E-state index contributed by atoms with van der Waals surface area (Å²) in [6.45, 7) is 6.13. The third kappa shape index (κ3) is 4.84. The highest BCUT2D eigenvalue weighted by Crippen LogP contribution is 2.32. The molecule has 0 aliphatic heterocycles. The van der Waals surface area contributed by atoms with Crippen molar-refractivity contribution in [2.45, 2.75) is 58.5 Å². The Balaban J connectivity index is 0.00000243. The largest absolute Gasteiger partial charge is 0.349 e. The quantitative estimate of drug-likeness (QED) is 0.783. The first-order chi connectivity index (χ1) is 11.9. The smallest absolute Gasteiger partial charge is 0.220 e. The molecule has 26 heavy (non-hydrogen) atoms. The van der Waals surface area contributed by atoms with E-state index in [0.717, 1.165) is 40.4 Å². The van der Waals surface area contributed by atoms with Crippen LogP contribution in [-0.4, -0.2) is 16.9 Å². The van der Waals surface area contributed by atoms with Crippen molar-refractivity contribution >= 4 is 29.7 Å². The van der Waals surface area contributed by atoms with Crippen molar-refractivity contribution < 1.29 is 4.79 Å². The van der Waals surface area contributed by atoms with E-state index in [1.807, 2.05) is 13.8 Å². The Morgan fingerprint density at radius 1 is 1.31 bits per heavy atom. The highest BCUT2D eigenvalue weighted by atomic mass is 35.5. The fourth-order valence-corrected chi connectivity index (χ4v) is 4.63. The van der Waals surface area contributed by atoms with Gasteiger partial charge in [-0.2, -0.15) is 0 Å². The topological polar surface area (TPSA) is 68.0 Å². The van der Waals surface area contributed by atoms with E-state index in [1.165, 1.54) is 5.56 Å². The number of carbonyl (C=O) groups is 1. The fraction of sp³-hybridized carbons (Fsp3) is 0.500. The van der Waals surface area contributed by atoms with Crippen molar-refractivity contribution in [3.63, 3.8) is 0 Å². The van der Waals surface area contributed by atoms with E-state index in [0.29, 0.717) is 12.3 Å². The summed E-state index contributed by atoms with van der Waals surface area (Å²) < 4.78 is 0. The number of rotatable bonds is 5. The van der Waals surface area contributed by atoms with Crippen LogP contribution in [0, 0.1) is 19.8 Å². The summed E-state index contributed by atoms with van der Waals surface area (Å²) in [7, 11) is 0. The van der Waals surface area contributed by atoms with Gasteiger partial charge in [-0.25, -0.2) is 4.98 Å². The molecule has 3 N–H and O–H groups in total. The first-order valence-electron chi connectivity index (χ1n) is 9.03. The molecule has 2 aromatic rings. The number of nitrogens with one attached hydrogen (secondary N) is 1. The maximum atomic E-state index is 12.4. The normalized spacial score (nSPS) is 20.5. The standard InChI is InChI=1S/C20H27N3OS.ClH/c1-12-7-9-15(10-8-12)20-23-14(3)19(25-20)13(2)22-18(24)11-16-5-4-6-17(16)21;/h7-10,13,16-17H,4-6,11,21H2,1-3H3,(H,22,24);1H/t13?,16-,17+;/m0./s1. The number of hydrogen-bond donors (Lipinski definition) is 2. The van der Waals surface area contributed by atoms with Gasteiger partial charge in [0.25, 0.3) is 0 Å². The summed E-state index contributed by atoms with van der Waals surface area (Å²) in [6.07, 6.45) is 3.79. The van der Waals surface area contributed by atoms with Gasteiger partial charge in [-0.3, -0.25) is 4.79 Å². The van der Waals surface area contributed by atoms with Crippen molar-refractivity contribution in [1.29, 1.82) is 0 Å². The zero-order valence-corrected chi connectivity index (χ0v) is 17.3. The predicted octanol–water partition coefficient (Wildman–Crippen LogP) is 4.54. The van der Waals surface area contributed by atoms with Crippen LogP contribution >= 0.6 is 23.7 Å². The van der Waals surface area contributed by atoms with Crippen LogP contribution in [-0.2, 0) is 4.79 Å². The van der Waals surface area contributed by atoms with E-state index in [1.54, 1.807) is 11.3 Å². The Morgan fingerprint density at radius 3 is 2.62 bits per heavy atom. The average Bonchev–Trinajstić information content (AvgIpc) is 3.14. The summed E-state index contributed by atoms with van der Waals surface area (Å²) in [5, 5.41) is 4.14. The second-order valence-electron chi connectivity index (χ2n) is 7.18. The van der Waals surface area contributed by atoms with Crippen LogP contribution in [0.15, 0.2) is 24.3 Å². The van der Waals surface area contributed by atoms with Gasteiger partial charge in [0, 0.05) is 18.0 Å². The molecule has 0 saturated heterocycles. The predicted molar refractivity (Wildman–Crippen MR) is 111 cm³/mol. The van der Waals surface area contributed by atoms with Crippen molar-refractivity contribution in [1.82, 2.24) is 10.3 Å². The van der Waals surface area contributed by atoms with Crippen LogP contribution in [0.5, 0.6) is 0 Å². The molecule has 1 aromatic heterocycles. The van der Waals surface area contributed by atoms with Gasteiger partial charge in [-0.05, 0) is 39.5 Å². The van der Waals surface area contributed by atoms with E-state index in [2.05, 4.69) is 36.5 Å². The molecule has 0 spiro atoms. The molecule has 3 atom stereocenters. The van der Waals surface area contributed by atoms with E-state index < -0.39 is 0 Å². The van der Waals surface area contributed by atoms with Gasteiger partial charge in [-0.15, -0.1) is 23.7 Å². The maximum Gasteiger partial charge on any atom is 0.220 e. The minimum absolute atomic E-state index is 0. The van der Waals surface area contributed by atoms with Crippen LogP contribution in [0.25, 0.3) is 10.6 Å². The monoisotopic (exact) mass is 393 g/mol. The maximum absolute atomic E-state index is 12.4. The first kappa shape index (κ1) is 20.9. The van der Waals surface area contributed by atoms with Gasteiger partial charge in [0.05, 0.1) is 16.6 Å². The zero-order chi connectivity index (χ0) is 18.0. The number of halogens is 1. The molecular weight excluding hydrogens is 366 g/mol. The van der Waals surface area contributed by atoms with Crippen LogP contribution in [0.4, 0.5) is 0 Å². The molecule has 6 heteroatoms. The Kier molecular flexibility index (Phi) is 7.21. The molecule has 0 bridgehead atoms. The minimum Gasteiger partial charge on any atom is -0.349 e. The summed E-state index contributed by atoms with van der Waals surface area (Å²) in [5.41, 5.74) is 9.44. The molecule has 1 heterocycles. The number of aromatic nitrogens is 1. The number of benzene rings is 1. The Hall–Kier alpha value is -1.43. The number of carbonyl (C=O) groups excluding carboxylic acids is 1. The van der Waals surface area contributed by atoms with E-state index >= 15 is 0 Å². The van der Waals surface area contributed by atoms with Gasteiger partial charge in [0.15, 0.2) is 0 Å². The van der Waals surface area contributed by atoms with Gasteiger partial charge in [0.2, 0.25) is 5.91 Å². The van der Waals surface area contributed by atoms with Crippen LogP contribution in [0.1, 0.15) is 54.8 Å². The number of hydrogen-bond acceptors (Lipinski definition) is 4. The molecule has 1 aromatic carbocycles. The number of nitrogens with zero attached hydrogens (tertiary/aromatic N) is 1. The molecule has 0 radical (unpaired) electrons. The second-order valence-corrected chi connectivity index (χ2v) is 8.21. The molecule has 142 valence electrons. The Labute approximate surface area is 166 Å². The van der Waals surface area contributed by atoms with Crippen molar-refractivity contribution in [3.05, 3.63) is 40.4 Å². The first-order valence-corrected chi connectivity index (χ1v) is 9.85. The summed E-state index contributed by atoms with van der Waals surface area (Å²) in [5.74, 6) is 0.428. The molecule has 1 aliphatic rings. The lowest BCUT2D eigenvalue weighted by Gasteiger charge is -2.17. The Bertz CT molecular complexity index is 744. The average molecular weight is 394 g/mol. The third-order valence-electron chi connectivity index (χ3n) is 5.07. The van der Waals surface area contributed by atoms with E-state index in [9.17, 15) is 4.79 Å². The molecule has 1 unspecified atom stereocenters. The molecular formula is C20H28ClN3OS. The Morgan fingerprint density at radius 2 is 2.00 bits per heavy atom. The number of amides is 1. The van der Waals surface area contributed by atoms with Gasteiger partial charge in [0.1, 0.15) is 5.01 Å². The molecule has 1 amide bonds. The molecule has 4 nitrogen and oxygen atoms in total. The van der Waals surface area contributed by atoms with Crippen molar-refractivity contribution in [2.24, 2.45) is 11.7 Å². The van der Waals surface area contributed by atoms with Crippen molar-refractivity contribution in [3.8, 4) is 10.6 Å². The van der Waals surface area contributed by atoms with Crippen LogP contribution in [0.3, 0.4) is 0 Å². The summed E-state index contributed by atoms with van der Waals surface area (Å²) in [4.78, 5) is 18.2. The highest BCUT2D eigenvalue weighted by Gasteiger charge is 2.27. The molecule has 1 saturated carbocycles. The van der Waals surface area contributed by atoms with E-state index in [-0.39, 0.29) is 30.4 Å². The number of nitrogens with two attached hydrogens (primary N) is 1. The fourth-order valence-electron chi connectivity index (χ4n) is 3.55. The summed E-state index contributed by atoms with van der Waals surface area (Å²) >= 11 is 1.66. The lowest BCUT2D eigenvalue weighted by atomic mass is 9.99. The zero-order valence-electron chi connectivity index (χ0n) is 15.6. The molecule has 1 aliphatic carbocycles. The molecule has 1 fully saturated rings. The van der Waals surface area contributed by atoms with Crippen LogP contribution in [0.2, 0.25) is 0 Å². The van der Waals surface area contributed by atoms with Crippen LogP contribution < -0.4 is 11.1 Å². The lowest BCUT2D eigenvalue weighted by Crippen LogP contribution is -2.32. The number of aryl methyl sites for hydroxylation is 2. The van der Waals surface area contributed by atoms with Crippen molar-refractivity contribution in [2.75, 3.05) is 0 Å². The molecule has 3 rings (SSSR count). The SMILES string of the molecule is Cc1ccc(-c2nc(C)c(C(C)NC(=O)C[C@@H]3CCC[C@H]3N)s2)cc1.Cl. The van der Waals surface area contributed by atoms with Gasteiger partial charge < -0.3 is 11.1 Å². The van der Waals surface area contributed by atoms with E-state index in [4.69, 9.17) is 10.7 Å². The minimum atomic E-state index is -0.0261. The second kappa shape index (κ2) is 8.98. The highest BCUT2D eigenvalue weighted by molar-refractivity contribution is 7.15. The van der Waals surface area contributed by atoms with Gasteiger partial charge >= 0.3 is 0 Å². The number of thiazole rings is 1. The van der Waals surface area contributed by atoms with Gasteiger partial charge in [-0.1, -0.05) is 36.2 Å². The lowest BCUT2D eigenvalue weighted by molar-refractivity contribution is -0.122. The summed E-state index contributed by atoms with van der Waals surface area (Å²) in [6, 6.07) is 8.55. The third-order valence-corrected chi connectivity index (χ3v) is 6.46.